The lowest BCUT2D eigenvalue weighted by Crippen LogP contribution is -2.18. The van der Waals surface area contributed by atoms with E-state index in [4.69, 9.17) is 27.9 Å². The van der Waals surface area contributed by atoms with Crippen LogP contribution in [0.5, 0.6) is 0 Å². The minimum atomic E-state index is -4.29. The number of halogens is 3. The average molecular weight is 418 g/mol. The molecule has 2 aromatic carbocycles. The summed E-state index contributed by atoms with van der Waals surface area (Å²) in [6.45, 7) is 1.53. The molecule has 2 aromatic rings. The average Bonchev–Trinajstić information content (AvgIpc) is 2.56. The zero-order chi connectivity index (χ0) is 19.3. The molecule has 0 radical (unpaired) electrons. The lowest BCUT2D eigenvalue weighted by molar-refractivity contribution is -0.137. The minimum Gasteiger partial charge on any atom is -0.462 e. The molecule has 0 aromatic heterocycles. The molecule has 5 nitrogen and oxygen atoms in total. The van der Waals surface area contributed by atoms with Gasteiger partial charge in [0.05, 0.1) is 16.5 Å². The SMILES string of the molecule is CCOC(=O)/C(=C/Nc1ccc(F)cc1)S(=O)(=O)c1ccc(Cl)cc1Cl. The highest BCUT2D eigenvalue weighted by Crippen LogP contribution is 2.30. The van der Waals surface area contributed by atoms with Crippen LogP contribution in [0.3, 0.4) is 0 Å². The van der Waals surface area contributed by atoms with Gasteiger partial charge in [0.25, 0.3) is 0 Å². The van der Waals surface area contributed by atoms with E-state index in [0.29, 0.717) is 5.69 Å². The highest BCUT2D eigenvalue weighted by Gasteiger charge is 2.30. The number of esters is 1. The number of rotatable bonds is 6. The van der Waals surface area contributed by atoms with Crippen LogP contribution in [-0.4, -0.2) is 21.0 Å². The van der Waals surface area contributed by atoms with Gasteiger partial charge in [-0.25, -0.2) is 17.6 Å². The third-order valence-corrected chi connectivity index (χ3v) is 5.62. The number of hydrogen-bond acceptors (Lipinski definition) is 5. The standard InChI is InChI=1S/C17H14Cl2FNO4S/c1-2-25-17(22)16(10-21-13-6-4-12(20)5-7-13)26(23,24)15-8-3-11(18)9-14(15)19/h3-10,21H,2H2,1H3/b16-10-. The summed E-state index contributed by atoms with van der Waals surface area (Å²) >= 11 is 11.8. The van der Waals surface area contributed by atoms with Gasteiger partial charge in [0.2, 0.25) is 9.84 Å². The Bertz CT molecular complexity index is 944. The lowest BCUT2D eigenvalue weighted by atomic mass is 10.3. The Kier molecular flexibility index (Phi) is 6.63. The summed E-state index contributed by atoms with van der Waals surface area (Å²) in [7, 11) is -4.29. The summed E-state index contributed by atoms with van der Waals surface area (Å²) in [4.78, 5) is 11.2. The number of hydrogen-bond donors (Lipinski definition) is 1. The van der Waals surface area contributed by atoms with Crippen LogP contribution in [0.15, 0.2) is 58.5 Å². The third-order valence-electron chi connectivity index (χ3n) is 3.16. The lowest BCUT2D eigenvalue weighted by Gasteiger charge is -2.11. The largest absolute Gasteiger partial charge is 0.462 e. The van der Waals surface area contributed by atoms with Gasteiger partial charge in [0, 0.05) is 16.9 Å². The van der Waals surface area contributed by atoms with Gasteiger partial charge in [-0.05, 0) is 49.4 Å². The topological polar surface area (TPSA) is 72.5 Å². The fourth-order valence-corrected chi connectivity index (χ4v) is 3.96. The first kappa shape index (κ1) is 20.2. The summed E-state index contributed by atoms with van der Waals surface area (Å²) in [6, 6.07) is 8.94. The Hall–Kier alpha value is -2.09. The Labute approximate surface area is 160 Å². The van der Waals surface area contributed by atoms with Crippen molar-refractivity contribution in [3.8, 4) is 0 Å². The van der Waals surface area contributed by atoms with Crippen LogP contribution >= 0.6 is 23.2 Å². The van der Waals surface area contributed by atoms with Gasteiger partial charge >= 0.3 is 5.97 Å². The molecule has 26 heavy (non-hydrogen) atoms. The van der Waals surface area contributed by atoms with Gasteiger partial charge in [0.1, 0.15) is 5.82 Å². The highest BCUT2D eigenvalue weighted by molar-refractivity contribution is 7.96. The van der Waals surface area contributed by atoms with Crippen LogP contribution in [0.2, 0.25) is 10.0 Å². The van der Waals surface area contributed by atoms with Crippen molar-refractivity contribution in [3.63, 3.8) is 0 Å². The first-order chi connectivity index (χ1) is 12.3. The fraction of sp³-hybridized carbons (Fsp3) is 0.118. The molecule has 0 fully saturated rings. The van der Waals surface area contributed by atoms with Gasteiger partial charge in [-0.2, -0.15) is 0 Å². The Balaban J connectivity index is 2.47. The molecule has 0 atom stereocenters. The van der Waals surface area contributed by atoms with Gasteiger partial charge in [-0.15, -0.1) is 0 Å². The van der Waals surface area contributed by atoms with Crippen molar-refractivity contribution >= 4 is 44.7 Å². The van der Waals surface area contributed by atoms with Crippen LogP contribution in [-0.2, 0) is 19.4 Å². The van der Waals surface area contributed by atoms with Crippen molar-refractivity contribution < 1.29 is 22.3 Å². The highest BCUT2D eigenvalue weighted by atomic mass is 35.5. The third kappa shape index (κ3) is 4.75. The number of carbonyl (C=O) groups is 1. The van der Waals surface area contributed by atoms with Crippen LogP contribution in [0, 0.1) is 5.82 Å². The number of anilines is 1. The van der Waals surface area contributed by atoms with Crippen molar-refractivity contribution in [1.82, 2.24) is 0 Å². The molecule has 0 unspecified atom stereocenters. The Morgan fingerprint density at radius 3 is 2.42 bits per heavy atom. The van der Waals surface area contributed by atoms with E-state index < -0.39 is 26.5 Å². The van der Waals surface area contributed by atoms with E-state index in [0.717, 1.165) is 6.20 Å². The second-order valence-corrected chi connectivity index (χ2v) is 7.69. The second kappa shape index (κ2) is 8.53. The van der Waals surface area contributed by atoms with Gasteiger partial charge < -0.3 is 10.1 Å². The van der Waals surface area contributed by atoms with E-state index in [1.54, 1.807) is 6.92 Å². The van der Waals surface area contributed by atoms with Crippen molar-refractivity contribution in [3.05, 3.63) is 69.4 Å². The summed E-state index contributed by atoms with van der Waals surface area (Å²) in [5.41, 5.74) is 0.380. The van der Waals surface area contributed by atoms with E-state index in [9.17, 15) is 17.6 Å². The predicted molar refractivity (Wildman–Crippen MR) is 98.4 cm³/mol. The molecule has 1 N–H and O–H groups in total. The monoisotopic (exact) mass is 417 g/mol. The summed E-state index contributed by atoms with van der Waals surface area (Å²) in [5, 5.41) is 2.76. The smallest absolute Gasteiger partial charge is 0.351 e. The maximum atomic E-state index is 13.0. The molecule has 0 saturated heterocycles. The van der Waals surface area contributed by atoms with Crippen molar-refractivity contribution in [2.75, 3.05) is 11.9 Å². The van der Waals surface area contributed by atoms with Gasteiger partial charge in [-0.3, -0.25) is 0 Å². The maximum absolute atomic E-state index is 13.0. The Morgan fingerprint density at radius 2 is 1.85 bits per heavy atom. The van der Waals surface area contributed by atoms with E-state index in [2.05, 4.69) is 5.32 Å². The first-order valence-corrected chi connectivity index (χ1v) is 9.59. The van der Waals surface area contributed by atoms with Crippen LogP contribution in [0.4, 0.5) is 10.1 Å². The molecule has 0 heterocycles. The normalized spacial score (nSPS) is 11.9. The maximum Gasteiger partial charge on any atom is 0.351 e. The molecule has 0 aliphatic carbocycles. The molecule has 0 bridgehead atoms. The first-order valence-electron chi connectivity index (χ1n) is 7.35. The number of carbonyl (C=O) groups excluding carboxylic acids is 1. The summed E-state index contributed by atoms with van der Waals surface area (Å²) in [6.07, 6.45) is 0.978. The van der Waals surface area contributed by atoms with Crippen molar-refractivity contribution in [1.29, 1.82) is 0 Å². The molecular weight excluding hydrogens is 404 g/mol. The van der Waals surface area contributed by atoms with Gasteiger partial charge in [0.15, 0.2) is 4.91 Å². The van der Waals surface area contributed by atoms with Crippen molar-refractivity contribution in [2.45, 2.75) is 11.8 Å². The van der Waals surface area contributed by atoms with E-state index in [1.807, 2.05) is 0 Å². The molecule has 0 saturated carbocycles. The summed E-state index contributed by atoms with van der Waals surface area (Å²) in [5.74, 6) is -1.50. The zero-order valence-electron chi connectivity index (χ0n) is 13.5. The molecule has 9 heteroatoms. The van der Waals surface area contributed by atoms with E-state index in [1.165, 1.54) is 42.5 Å². The molecule has 0 amide bonds. The number of nitrogens with one attached hydrogen (secondary N) is 1. The summed E-state index contributed by atoms with van der Waals surface area (Å²) < 4.78 is 43.5. The fourth-order valence-electron chi connectivity index (χ4n) is 1.96. The van der Waals surface area contributed by atoms with Crippen LogP contribution in [0.25, 0.3) is 0 Å². The molecule has 0 aliphatic rings. The molecule has 0 spiro atoms. The Morgan fingerprint density at radius 1 is 1.19 bits per heavy atom. The predicted octanol–water partition coefficient (Wildman–Crippen LogP) is 4.42. The molecule has 2 rings (SSSR count). The van der Waals surface area contributed by atoms with E-state index >= 15 is 0 Å². The van der Waals surface area contributed by atoms with Crippen LogP contribution < -0.4 is 5.32 Å². The number of benzene rings is 2. The molecule has 138 valence electrons. The zero-order valence-corrected chi connectivity index (χ0v) is 15.8. The van der Waals surface area contributed by atoms with Crippen molar-refractivity contribution in [2.24, 2.45) is 0 Å². The van der Waals surface area contributed by atoms with Gasteiger partial charge in [-0.1, -0.05) is 23.2 Å². The quantitative estimate of drug-likeness (QED) is 0.556. The van der Waals surface area contributed by atoms with Crippen LogP contribution in [0.1, 0.15) is 6.92 Å². The second-order valence-electron chi connectivity index (χ2n) is 4.96. The minimum absolute atomic E-state index is 0.0173. The molecular formula is C17H14Cl2FNO4S. The number of sulfone groups is 1. The van der Waals surface area contributed by atoms with E-state index in [-0.39, 0.29) is 21.5 Å². The number of ether oxygens (including phenoxy) is 1. The molecule has 0 aliphatic heterocycles.